The average molecular weight is 265 g/mol. The van der Waals surface area contributed by atoms with E-state index in [1.54, 1.807) is 0 Å². The number of hydrogen-bond donors (Lipinski definition) is 2. The molecule has 7 nitrogen and oxygen atoms in total. The van der Waals surface area contributed by atoms with Crippen molar-refractivity contribution < 1.29 is 13.9 Å². The van der Waals surface area contributed by atoms with Crippen LogP contribution in [-0.2, 0) is 11.3 Å². The van der Waals surface area contributed by atoms with Crippen molar-refractivity contribution in [2.24, 2.45) is 0 Å². The third-order valence-electron chi connectivity index (χ3n) is 2.29. The molecule has 0 saturated carbocycles. The van der Waals surface area contributed by atoms with Crippen molar-refractivity contribution in [3.8, 4) is 5.75 Å². The van der Waals surface area contributed by atoms with Gasteiger partial charge in [0.25, 0.3) is 0 Å². The second kappa shape index (κ2) is 5.34. The molecule has 0 aliphatic heterocycles. The number of anilines is 2. The van der Waals surface area contributed by atoms with Gasteiger partial charge in [0, 0.05) is 11.8 Å². The lowest BCUT2D eigenvalue weighted by atomic mass is 10.3. The first-order valence-corrected chi connectivity index (χ1v) is 5.37. The van der Waals surface area contributed by atoms with Gasteiger partial charge in [0.2, 0.25) is 11.9 Å². The van der Waals surface area contributed by atoms with Gasteiger partial charge >= 0.3 is 0 Å². The second-order valence-corrected chi connectivity index (χ2v) is 3.70. The summed E-state index contributed by atoms with van der Waals surface area (Å²) in [5, 5.41) is 6.36. The summed E-state index contributed by atoms with van der Waals surface area (Å²) in [5.41, 5.74) is 5.76. The molecular formula is C11H12FN5O2. The Morgan fingerprint density at radius 3 is 3.00 bits per heavy atom. The molecule has 1 aromatic carbocycles. The maximum absolute atomic E-state index is 13.2. The SMILES string of the molecule is COc1cc(NC(=O)Cn2cnc(N)n2)ccc1F. The number of methoxy groups -OCH3 is 1. The highest BCUT2D eigenvalue weighted by Crippen LogP contribution is 2.21. The van der Waals surface area contributed by atoms with E-state index >= 15 is 0 Å². The monoisotopic (exact) mass is 265 g/mol. The fourth-order valence-electron chi connectivity index (χ4n) is 1.47. The average Bonchev–Trinajstić information content (AvgIpc) is 2.77. The van der Waals surface area contributed by atoms with Crippen LogP contribution < -0.4 is 15.8 Å². The van der Waals surface area contributed by atoms with Crippen LogP contribution in [0.1, 0.15) is 0 Å². The summed E-state index contributed by atoms with van der Waals surface area (Å²) in [6, 6.07) is 4.04. The maximum Gasteiger partial charge on any atom is 0.246 e. The van der Waals surface area contributed by atoms with Crippen molar-refractivity contribution in [2.45, 2.75) is 6.54 Å². The van der Waals surface area contributed by atoms with Crippen molar-refractivity contribution in [2.75, 3.05) is 18.2 Å². The Morgan fingerprint density at radius 2 is 2.37 bits per heavy atom. The number of aromatic nitrogens is 3. The topological polar surface area (TPSA) is 95.1 Å². The Morgan fingerprint density at radius 1 is 1.58 bits per heavy atom. The van der Waals surface area contributed by atoms with Gasteiger partial charge < -0.3 is 15.8 Å². The molecule has 1 heterocycles. The number of carbonyl (C=O) groups is 1. The molecule has 0 bridgehead atoms. The van der Waals surface area contributed by atoms with E-state index in [0.717, 1.165) is 0 Å². The molecule has 0 radical (unpaired) electrons. The molecule has 0 saturated heterocycles. The Kier molecular flexibility index (Phi) is 3.60. The Hall–Kier alpha value is -2.64. The minimum absolute atomic E-state index is 0.0378. The fraction of sp³-hybridized carbons (Fsp3) is 0.182. The molecule has 2 aromatic rings. The molecule has 0 aliphatic carbocycles. The highest BCUT2D eigenvalue weighted by Gasteiger charge is 2.08. The van der Waals surface area contributed by atoms with E-state index in [0.29, 0.717) is 5.69 Å². The fourth-order valence-corrected chi connectivity index (χ4v) is 1.47. The highest BCUT2D eigenvalue weighted by molar-refractivity contribution is 5.90. The molecule has 0 spiro atoms. The molecule has 0 aliphatic rings. The number of amides is 1. The van der Waals surface area contributed by atoms with Crippen molar-refractivity contribution in [1.82, 2.24) is 14.8 Å². The molecule has 100 valence electrons. The summed E-state index contributed by atoms with van der Waals surface area (Å²) in [5.74, 6) is -0.679. The predicted molar refractivity (Wildman–Crippen MR) is 66.0 cm³/mol. The minimum atomic E-state index is -0.496. The van der Waals surface area contributed by atoms with E-state index in [1.807, 2.05) is 0 Å². The van der Waals surface area contributed by atoms with Crippen LogP contribution in [0.15, 0.2) is 24.5 Å². The van der Waals surface area contributed by atoms with Crippen LogP contribution >= 0.6 is 0 Å². The van der Waals surface area contributed by atoms with Gasteiger partial charge in [-0.1, -0.05) is 0 Å². The standard InChI is InChI=1S/C11H12FN5O2/c1-19-9-4-7(2-3-8(9)12)15-10(18)5-17-6-14-11(13)16-17/h2-4,6H,5H2,1H3,(H2,13,16)(H,15,18). The van der Waals surface area contributed by atoms with Gasteiger partial charge in [0.05, 0.1) is 7.11 Å². The summed E-state index contributed by atoms with van der Waals surface area (Å²) < 4.78 is 19.3. The zero-order chi connectivity index (χ0) is 13.8. The zero-order valence-corrected chi connectivity index (χ0v) is 10.1. The summed E-state index contributed by atoms with van der Waals surface area (Å²) in [6.07, 6.45) is 1.35. The lowest BCUT2D eigenvalue weighted by molar-refractivity contribution is -0.116. The van der Waals surface area contributed by atoms with E-state index in [4.69, 9.17) is 10.5 Å². The molecule has 19 heavy (non-hydrogen) atoms. The Balaban J connectivity index is 2.02. The van der Waals surface area contributed by atoms with Crippen molar-refractivity contribution in [1.29, 1.82) is 0 Å². The van der Waals surface area contributed by atoms with E-state index in [2.05, 4.69) is 15.4 Å². The van der Waals surface area contributed by atoms with Crippen LogP contribution in [0.2, 0.25) is 0 Å². The van der Waals surface area contributed by atoms with E-state index in [9.17, 15) is 9.18 Å². The largest absolute Gasteiger partial charge is 0.494 e. The van der Waals surface area contributed by atoms with Crippen LogP contribution in [0.4, 0.5) is 16.0 Å². The number of carbonyl (C=O) groups excluding carboxylic acids is 1. The van der Waals surface area contributed by atoms with Gasteiger partial charge in [-0.2, -0.15) is 0 Å². The predicted octanol–water partition coefficient (Wildman–Crippen LogP) is 0.647. The van der Waals surface area contributed by atoms with Crippen molar-refractivity contribution >= 4 is 17.5 Å². The minimum Gasteiger partial charge on any atom is -0.494 e. The van der Waals surface area contributed by atoms with E-state index < -0.39 is 5.82 Å². The van der Waals surface area contributed by atoms with Gasteiger partial charge in [0.1, 0.15) is 12.9 Å². The summed E-state index contributed by atoms with van der Waals surface area (Å²) >= 11 is 0. The molecule has 8 heteroatoms. The quantitative estimate of drug-likeness (QED) is 0.846. The number of benzene rings is 1. The third-order valence-corrected chi connectivity index (χ3v) is 2.29. The Bertz CT molecular complexity index is 599. The summed E-state index contributed by atoms with van der Waals surface area (Å²) in [4.78, 5) is 15.4. The number of hydrogen-bond acceptors (Lipinski definition) is 5. The molecule has 0 fully saturated rings. The van der Waals surface area contributed by atoms with Gasteiger partial charge in [-0.05, 0) is 12.1 Å². The highest BCUT2D eigenvalue weighted by atomic mass is 19.1. The lowest BCUT2D eigenvalue weighted by Gasteiger charge is -2.07. The Labute approximate surface area is 108 Å². The van der Waals surface area contributed by atoms with Crippen LogP contribution in [0, 0.1) is 5.82 Å². The molecule has 2 rings (SSSR count). The first-order valence-electron chi connectivity index (χ1n) is 5.37. The van der Waals surface area contributed by atoms with Gasteiger partial charge in [-0.15, -0.1) is 5.10 Å². The third kappa shape index (κ3) is 3.18. The normalized spacial score (nSPS) is 10.2. The smallest absolute Gasteiger partial charge is 0.246 e. The molecule has 1 aromatic heterocycles. The van der Waals surface area contributed by atoms with Crippen LogP contribution in [0.3, 0.4) is 0 Å². The number of ether oxygens (including phenoxy) is 1. The lowest BCUT2D eigenvalue weighted by Crippen LogP contribution is -2.19. The molecule has 0 atom stereocenters. The molecule has 0 unspecified atom stereocenters. The van der Waals surface area contributed by atoms with Crippen molar-refractivity contribution in [3.63, 3.8) is 0 Å². The summed E-state index contributed by atoms with van der Waals surface area (Å²) in [7, 11) is 1.35. The van der Waals surface area contributed by atoms with Crippen LogP contribution in [0.5, 0.6) is 5.75 Å². The maximum atomic E-state index is 13.2. The number of nitrogen functional groups attached to an aromatic ring is 1. The number of nitrogens with one attached hydrogen (secondary N) is 1. The van der Waals surface area contributed by atoms with Crippen LogP contribution in [-0.4, -0.2) is 27.8 Å². The van der Waals surface area contributed by atoms with Gasteiger partial charge in [-0.3, -0.25) is 4.79 Å². The second-order valence-electron chi connectivity index (χ2n) is 3.70. The number of nitrogens with zero attached hydrogens (tertiary/aromatic N) is 3. The van der Waals surface area contributed by atoms with E-state index in [1.165, 1.54) is 36.3 Å². The van der Waals surface area contributed by atoms with Gasteiger partial charge in [-0.25, -0.2) is 14.1 Å². The number of rotatable bonds is 4. The molecule has 1 amide bonds. The zero-order valence-electron chi connectivity index (χ0n) is 10.1. The van der Waals surface area contributed by atoms with Gasteiger partial charge in [0.15, 0.2) is 11.6 Å². The molecular weight excluding hydrogens is 253 g/mol. The number of halogens is 1. The van der Waals surface area contributed by atoms with Crippen molar-refractivity contribution in [3.05, 3.63) is 30.3 Å². The summed E-state index contributed by atoms with van der Waals surface area (Å²) in [6.45, 7) is -0.0378. The van der Waals surface area contributed by atoms with Crippen LogP contribution in [0.25, 0.3) is 0 Å². The molecule has 3 N–H and O–H groups in total. The van der Waals surface area contributed by atoms with E-state index in [-0.39, 0.29) is 24.1 Å². The number of nitrogens with two attached hydrogens (primary N) is 1. The first-order chi connectivity index (χ1) is 9.08. The first kappa shape index (κ1) is 12.8.